The summed E-state index contributed by atoms with van der Waals surface area (Å²) >= 11 is 1.43. The molecule has 2 fully saturated rings. The van der Waals surface area contributed by atoms with Crippen LogP contribution < -0.4 is 5.32 Å². The standard InChI is InChI=1S/C14H22N2O2S2/c1-15-9-8-13-6-7-14(19-13)20(17,18)16(12-4-5-12)10-11-2-3-11/h6-7,11-12,15H,2-5,8-10H2,1H3. The van der Waals surface area contributed by atoms with E-state index >= 15 is 0 Å². The topological polar surface area (TPSA) is 49.4 Å². The molecule has 0 atom stereocenters. The lowest BCUT2D eigenvalue weighted by Crippen LogP contribution is -2.34. The highest BCUT2D eigenvalue weighted by atomic mass is 32.2. The fourth-order valence-electron chi connectivity index (χ4n) is 2.36. The van der Waals surface area contributed by atoms with Gasteiger partial charge in [0.25, 0.3) is 10.0 Å². The molecule has 2 aliphatic carbocycles. The van der Waals surface area contributed by atoms with Gasteiger partial charge >= 0.3 is 0 Å². The second kappa shape index (κ2) is 5.75. The lowest BCUT2D eigenvalue weighted by atomic mass is 10.3. The summed E-state index contributed by atoms with van der Waals surface area (Å²) in [6, 6.07) is 4.01. The van der Waals surface area contributed by atoms with Gasteiger partial charge in [-0.15, -0.1) is 11.3 Å². The number of likely N-dealkylation sites (N-methyl/N-ethyl adjacent to an activating group) is 1. The summed E-state index contributed by atoms with van der Waals surface area (Å²) in [5.74, 6) is 0.606. The molecule has 0 aliphatic heterocycles. The highest BCUT2D eigenvalue weighted by Gasteiger charge is 2.41. The second-order valence-corrected chi connectivity index (χ2v) is 9.11. The number of thiophene rings is 1. The van der Waals surface area contributed by atoms with E-state index < -0.39 is 10.0 Å². The van der Waals surface area contributed by atoms with Crippen molar-refractivity contribution in [1.29, 1.82) is 0 Å². The molecule has 0 saturated heterocycles. The van der Waals surface area contributed by atoms with Crippen molar-refractivity contribution in [2.75, 3.05) is 20.1 Å². The zero-order valence-electron chi connectivity index (χ0n) is 11.8. The molecule has 4 nitrogen and oxygen atoms in total. The van der Waals surface area contributed by atoms with Crippen molar-refractivity contribution >= 4 is 21.4 Å². The predicted octanol–water partition coefficient (Wildman–Crippen LogP) is 2.07. The molecular weight excluding hydrogens is 292 g/mol. The summed E-state index contributed by atoms with van der Waals surface area (Å²) in [4.78, 5) is 1.14. The van der Waals surface area contributed by atoms with E-state index in [4.69, 9.17) is 0 Å². The third-order valence-electron chi connectivity index (χ3n) is 3.91. The first-order valence-corrected chi connectivity index (χ1v) is 9.62. The molecule has 1 heterocycles. The maximum atomic E-state index is 12.8. The number of sulfonamides is 1. The van der Waals surface area contributed by atoms with E-state index in [1.54, 1.807) is 10.4 Å². The van der Waals surface area contributed by atoms with E-state index in [2.05, 4.69) is 5.32 Å². The Morgan fingerprint density at radius 2 is 2.05 bits per heavy atom. The summed E-state index contributed by atoms with van der Waals surface area (Å²) in [6.07, 6.45) is 5.34. The smallest absolute Gasteiger partial charge is 0.252 e. The Hall–Kier alpha value is -0.430. The maximum absolute atomic E-state index is 12.8. The molecule has 20 heavy (non-hydrogen) atoms. The Morgan fingerprint density at radius 3 is 2.65 bits per heavy atom. The van der Waals surface area contributed by atoms with Gasteiger partial charge in [0.1, 0.15) is 4.21 Å². The van der Waals surface area contributed by atoms with E-state index in [1.165, 1.54) is 24.2 Å². The summed E-state index contributed by atoms with van der Waals surface area (Å²) in [5, 5.41) is 3.10. The number of hydrogen-bond donors (Lipinski definition) is 1. The van der Waals surface area contributed by atoms with E-state index in [9.17, 15) is 8.42 Å². The lowest BCUT2D eigenvalue weighted by Gasteiger charge is -2.20. The van der Waals surface area contributed by atoms with Gasteiger partial charge in [-0.2, -0.15) is 4.31 Å². The van der Waals surface area contributed by atoms with E-state index in [0.717, 1.165) is 37.2 Å². The van der Waals surface area contributed by atoms with Crippen molar-refractivity contribution in [2.24, 2.45) is 5.92 Å². The largest absolute Gasteiger partial charge is 0.319 e. The van der Waals surface area contributed by atoms with Gasteiger partial charge < -0.3 is 5.32 Å². The zero-order chi connectivity index (χ0) is 14.2. The van der Waals surface area contributed by atoms with Crippen LogP contribution in [0.3, 0.4) is 0 Å². The fraction of sp³-hybridized carbons (Fsp3) is 0.714. The van der Waals surface area contributed by atoms with Crippen molar-refractivity contribution in [3.8, 4) is 0 Å². The average Bonchev–Trinajstić information content (AvgIpc) is 3.32. The summed E-state index contributed by atoms with van der Waals surface area (Å²) < 4.78 is 27.9. The van der Waals surface area contributed by atoms with Crippen LogP contribution in [0.5, 0.6) is 0 Å². The number of nitrogens with zero attached hydrogens (tertiary/aromatic N) is 1. The Labute approximate surface area is 125 Å². The molecule has 1 N–H and O–H groups in total. The maximum Gasteiger partial charge on any atom is 0.252 e. The SMILES string of the molecule is CNCCc1ccc(S(=O)(=O)N(CC2CC2)C2CC2)s1. The molecule has 0 radical (unpaired) electrons. The minimum atomic E-state index is -3.27. The minimum Gasteiger partial charge on any atom is -0.319 e. The third-order valence-corrected chi connectivity index (χ3v) is 7.44. The molecule has 0 unspecified atom stereocenters. The predicted molar refractivity (Wildman–Crippen MR) is 81.6 cm³/mol. The van der Waals surface area contributed by atoms with Crippen molar-refractivity contribution < 1.29 is 8.42 Å². The Morgan fingerprint density at radius 1 is 1.30 bits per heavy atom. The Bertz CT molecular complexity index is 559. The van der Waals surface area contributed by atoms with Crippen LogP contribution >= 0.6 is 11.3 Å². The van der Waals surface area contributed by atoms with Crippen molar-refractivity contribution in [1.82, 2.24) is 9.62 Å². The van der Waals surface area contributed by atoms with Gasteiger partial charge in [0.05, 0.1) is 0 Å². The Balaban J connectivity index is 1.76. The van der Waals surface area contributed by atoms with Crippen LogP contribution in [-0.2, 0) is 16.4 Å². The van der Waals surface area contributed by atoms with Gasteiger partial charge in [0, 0.05) is 17.5 Å². The van der Waals surface area contributed by atoms with Gasteiger partial charge in [0.15, 0.2) is 0 Å². The fourth-order valence-corrected chi connectivity index (χ4v) is 5.60. The van der Waals surface area contributed by atoms with E-state index in [-0.39, 0.29) is 6.04 Å². The molecule has 3 rings (SSSR count). The normalized spacial score (nSPS) is 19.7. The van der Waals surface area contributed by atoms with Crippen LogP contribution in [-0.4, -0.2) is 38.9 Å². The van der Waals surface area contributed by atoms with Gasteiger partial charge in [-0.3, -0.25) is 0 Å². The van der Waals surface area contributed by atoms with Crippen LogP contribution in [0, 0.1) is 5.92 Å². The van der Waals surface area contributed by atoms with Crippen molar-refractivity contribution in [3.63, 3.8) is 0 Å². The molecule has 112 valence electrons. The lowest BCUT2D eigenvalue weighted by molar-refractivity contribution is 0.390. The second-order valence-electron chi connectivity index (χ2n) is 5.82. The number of rotatable bonds is 8. The average molecular weight is 314 g/mol. The van der Waals surface area contributed by atoms with Crippen LogP contribution in [0.2, 0.25) is 0 Å². The third kappa shape index (κ3) is 3.24. The van der Waals surface area contributed by atoms with Crippen molar-refractivity contribution in [2.45, 2.75) is 42.4 Å². The molecule has 2 aliphatic rings. The molecule has 1 aromatic rings. The first-order valence-electron chi connectivity index (χ1n) is 7.36. The first-order chi connectivity index (χ1) is 9.61. The van der Waals surface area contributed by atoms with Gasteiger partial charge in [-0.25, -0.2) is 8.42 Å². The highest BCUT2D eigenvalue weighted by Crippen LogP contribution is 2.39. The zero-order valence-corrected chi connectivity index (χ0v) is 13.5. The molecule has 0 bridgehead atoms. The summed E-state index contributed by atoms with van der Waals surface area (Å²) in [7, 11) is -1.35. The number of nitrogens with one attached hydrogen (secondary N) is 1. The summed E-state index contributed by atoms with van der Waals surface area (Å²) in [6.45, 7) is 1.62. The van der Waals surface area contributed by atoms with Crippen LogP contribution in [0.1, 0.15) is 30.6 Å². The molecular formula is C14H22N2O2S2. The molecule has 0 spiro atoms. The number of hydrogen-bond acceptors (Lipinski definition) is 4. The molecule has 0 aromatic carbocycles. The highest BCUT2D eigenvalue weighted by molar-refractivity contribution is 7.91. The van der Waals surface area contributed by atoms with Gasteiger partial charge in [-0.05, 0) is 63.7 Å². The van der Waals surface area contributed by atoms with Gasteiger partial charge in [0.2, 0.25) is 0 Å². The summed E-state index contributed by atoms with van der Waals surface area (Å²) in [5.41, 5.74) is 0. The monoisotopic (exact) mass is 314 g/mol. The molecule has 6 heteroatoms. The minimum absolute atomic E-state index is 0.267. The van der Waals surface area contributed by atoms with E-state index in [1.807, 2.05) is 13.1 Å². The molecule has 0 amide bonds. The van der Waals surface area contributed by atoms with E-state index in [0.29, 0.717) is 10.1 Å². The van der Waals surface area contributed by atoms with Crippen LogP contribution in [0.15, 0.2) is 16.3 Å². The molecule has 1 aromatic heterocycles. The quantitative estimate of drug-likeness (QED) is 0.799. The van der Waals surface area contributed by atoms with Crippen LogP contribution in [0.4, 0.5) is 0 Å². The molecule has 2 saturated carbocycles. The van der Waals surface area contributed by atoms with Gasteiger partial charge in [-0.1, -0.05) is 0 Å². The Kier molecular flexibility index (Phi) is 4.17. The van der Waals surface area contributed by atoms with Crippen LogP contribution in [0.25, 0.3) is 0 Å². The van der Waals surface area contributed by atoms with Crippen molar-refractivity contribution in [3.05, 3.63) is 17.0 Å². The first kappa shape index (κ1) is 14.5.